The van der Waals surface area contributed by atoms with Crippen LogP contribution in [0.4, 0.5) is 0 Å². The van der Waals surface area contributed by atoms with E-state index in [0.717, 1.165) is 44.1 Å². The molecular weight excluding hydrogens is 326 g/mol. The van der Waals surface area contributed by atoms with Gasteiger partial charge in [0.15, 0.2) is 0 Å². The number of nitrogens with zero attached hydrogens (tertiary/aromatic N) is 1. The summed E-state index contributed by atoms with van der Waals surface area (Å²) in [5, 5.41) is 0. The van der Waals surface area contributed by atoms with Crippen molar-refractivity contribution in [3.05, 3.63) is 35.4 Å². The van der Waals surface area contributed by atoms with Gasteiger partial charge < -0.3 is 9.64 Å². The minimum atomic E-state index is 0.333. The Labute approximate surface area is 156 Å². The van der Waals surface area contributed by atoms with E-state index in [1.807, 2.05) is 36.2 Å². The lowest BCUT2D eigenvalue weighted by atomic mass is 9.80. The van der Waals surface area contributed by atoms with E-state index in [4.69, 9.17) is 4.74 Å². The fourth-order valence-electron chi connectivity index (χ4n) is 4.09. The van der Waals surface area contributed by atoms with Crippen molar-refractivity contribution in [1.82, 2.24) is 4.90 Å². The van der Waals surface area contributed by atoms with E-state index in [2.05, 4.69) is 0 Å². The summed E-state index contributed by atoms with van der Waals surface area (Å²) in [4.78, 5) is 25.4. The van der Waals surface area contributed by atoms with Gasteiger partial charge in [0.25, 0.3) is 0 Å². The van der Waals surface area contributed by atoms with Gasteiger partial charge in [-0.25, -0.2) is 0 Å². The van der Waals surface area contributed by atoms with Crippen LogP contribution in [0.15, 0.2) is 24.3 Å². The maximum atomic E-state index is 12.4. The summed E-state index contributed by atoms with van der Waals surface area (Å²) in [5.41, 5.74) is 1.67. The average Bonchev–Trinajstić information content (AvgIpc) is 2.62. The molecule has 0 heterocycles. The molecule has 4 heteroatoms. The number of carbonyl (C=O) groups is 2. The van der Waals surface area contributed by atoms with Crippen molar-refractivity contribution in [2.45, 2.75) is 64.0 Å². The third-order valence-electron chi connectivity index (χ3n) is 6.24. The molecule has 142 valence electrons. The second-order valence-electron chi connectivity index (χ2n) is 8.01. The van der Waals surface area contributed by atoms with Crippen molar-refractivity contribution >= 4 is 12.2 Å². The maximum absolute atomic E-state index is 12.4. The number of hydrogen-bond donors (Lipinski definition) is 0. The summed E-state index contributed by atoms with van der Waals surface area (Å²) in [6.45, 7) is 1.25. The number of amides is 1. The molecule has 0 spiro atoms. The Balaban J connectivity index is 1.34. The van der Waals surface area contributed by atoms with E-state index in [1.165, 1.54) is 19.3 Å². The van der Waals surface area contributed by atoms with Crippen LogP contribution in [-0.2, 0) is 16.1 Å². The second-order valence-corrected chi connectivity index (χ2v) is 8.01. The first kappa shape index (κ1) is 19.1. The van der Waals surface area contributed by atoms with E-state index in [1.54, 1.807) is 0 Å². The van der Waals surface area contributed by atoms with Crippen LogP contribution >= 0.6 is 0 Å². The standard InChI is InChI=1S/C22H31NO3/c1-23(21-7-4-8-21)22(25)13-17-9-11-18(12-10-17)15-26-16-20-6-3-2-5-19(20)14-24/h2-3,5-6,14,17-18,21H,4,7-13,15-16H2,1H3. The van der Waals surface area contributed by atoms with Crippen LogP contribution in [-0.4, -0.2) is 36.8 Å². The summed E-state index contributed by atoms with van der Waals surface area (Å²) in [6, 6.07) is 8.09. The molecule has 1 amide bonds. The first-order chi connectivity index (χ1) is 12.7. The molecule has 0 aromatic heterocycles. The van der Waals surface area contributed by atoms with Crippen LogP contribution < -0.4 is 0 Å². The Bertz CT molecular complexity index is 603. The number of rotatable bonds is 8. The zero-order chi connectivity index (χ0) is 18.4. The summed E-state index contributed by atoms with van der Waals surface area (Å²) in [6.07, 6.45) is 9.77. The highest BCUT2D eigenvalue weighted by atomic mass is 16.5. The first-order valence-corrected chi connectivity index (χ1v) is 10.0. The summed E-state index contributed by atoms with van der Waals surface area (Å²) in [7, 11) is 1.98. The van der Waals surface area contributed by atoms with Gasteiger partial charge in [-0.3, -0.25) is 9.59 Å². The van der Waals surface area contributed by atoms with Gasteiger partial charge in [0.1, 0.15) is 6.29 Å². The Kier molecular flexibility index (Phi) is 6.84. The second kappa shape index (κ2) is 9.31. The van der Waals surface area contributed by atoms with E-state index in [-0.39, 0.29) is 0 Å². The molecule has 0 saturated heterocycles. The fourth-order valence-corrected chi connectivity index (χ4v) is 4.09. The molecule has 3 rings (SSSR count). The van der Waals surface area contributed by atoms with Crippen LogP contribution in [0.2, 0.25) is 0 Å². The van der Waals surface area contributed by atoms with E-state index < -0.39 is 0 Å². The SMILES string of the molecule is CN(C(=O)CC1CCC(COCc2ccccc2C=O)CC1)C1CCC1. The van der Waals surface area contributed by atoms with Crippen LogP contribution in [0.5, 0.6) is 0 Å². The van der Waals surface area contributed by atoms with Crippen molar-refractivity contribution in [2.75, 3.05) is 13.7 Å². The molecule has 1 aromatic carbocycles. The molecular formula is C22H31NO3. The Morgan fingerprint density at radius 2 is 1.81 bits per heavy atom. The topological polar surface area (TPSA) is 46.6 Å². The molecule has 0 radical (unpaired) electrons. The molecule has 2 fully saturated rings. The number of carbonyl (C=O) groups excluding carboxylic acids is 2. The molecule has 2 aliphatic rings. The van der Waals surface area contributed by atoms with Gasteiger partial charge in [-0.15, -0.1) is 0 Å². The van der Waals surface area contributed by atoms with Gasteiger partial charge >= 0.3 is 0 Å². The molecule has 0 bridgehead atoms. The van der Waals surface area contributed by atoms with Crippen molar-refractivity contribution < 1.29 is 14.3 Å². The molecule has 2 aliphatic carbocycles. The molecule has 1 aromatic rings. The largest absolute Gasteiger partial charge is 0.376 e. The summed E-state index contributed by atoms with van der Waals surface area (Å²) < 4.78 is 5.88. The minimum Gasteiger partial charge on any atom is -0.376 e. The van der Waals surface area contributed by atoms with E-state index in [0.29, 0.717) is 42.4 Å². The zero-order valence-electron chi connectivity index (χ0n) is 15.9. The van der Waals surface area contributed by atoms with Crippen molar-refractivity contribution in [3.8, 4) is 0 Å². The van der Waals surface area contributed by atoms with Gasteiger partial charge in [0, 0.05) is 31.7 Å². The smallest absolute Gasteiger partial charge is 0.222 e. The van der Waals surface area contributed by atoms with Crippen LogP contribution in [0, 0.1) is 11.8 Å². The Morgan fingerprint density at radius 3 is 2.46 bits per heavy atom. The van der Waals surface area contributed by atoms with Crippen molar-refractivity contribution in [1.29, 1.82) is 0 Å². The van der Waals surface area contributed by atoms with Crippen LogP contribution in [0.3, 0.4) is 0 Å². The van der Waals surface area contributed by atoms with Crippen molar-refractivity contribution in [2.24, 2.45) is 11.8 Å². The predicted octanol–water partition coefficient (Wildman–Crippen LogP) is 4.22. The lowest BCUT2D eigenvalue weighted by Gasteiger charge is -2.36. The van der Waals surface area contributed by atoms with Gasteiger partial charge in [-0.05, 0) is 62.3 Å². The fraction of sp³-hybridized carbons (Fsp3) is 0.636. The monoisotopic (exact) mass is 357 g/mol. The highest BCUT2D eigenvalue weighted by Gasteiger charge is 2.29. The zero-order valence-corrected chi connectivity index (χ0v) is 15.9. The van der Waals surface area contributed by atoms with Crippen LogP contribution in [0.1, 0.15) is 67.3 Å². The predicted molar refractivity (Wildman–Crippen MR) is 102 cm³/mol. The maximum Gasteiger partial charge on any atom is 0.222 e. The third-order valence-corrected chi connectivity index (χ3v) is 6.24. The normalized spacial score (nSPS) is 23.3. The van der Waals surface area contributed by atoms with Gasteiger partial charge in [0.2, 0.25) is 5.91 Å². The van der Waals surface area contributed by atoms with E-state index >= 15 is 0 Å². The lowest BCUT2D eigenvalue weighted by Crippen LogP contribution is -2.42. The Hall–Kier alpha value is -1.68. The molecule has 2 saturated carbocycles. The van der Waals surface area contributed by atoms with E-state index in [9.17, 15) is 9.59 Å². The molecule has 0 atom stereocenters. The summed E-state index contributed by atoms with van der Waals surface area (Å²) >= 11 is 0. The molecule has 26 heavy (non-hydrogen) atoms. The quantitative estimate of drug-likeness (QED) is 0.654. The number of benzene rings is 1. The average molecular weight is 357 g/mol. The van der Waals surface area contributed by atoms with Gasteiger partial charge in [0.05, 0.1) is 6.61 Å². The summed E-state index contributed by atoms with van der Waals surface area (Å²) in [5.74, 6) is 1.45. The third kappa shape index (κ3) is 4.94. The highest BCUT2D eigenvalue weighted by molar-refractivity contribution is 5.77. The lowest BCUT2D eigenvalue weighted by molar-refractivity contribution is -0.134. The number of aldehydes is 1. The number of hydrogen-bond acceptors (Lipinski definition) is 3. The molecule has 0 N–H and O–H groups in total. The minimum absolute atomic E-state index is 0.333. The number of ether oxygens (including phenoxy) is 1. The Morgan fingerprint density at radius 1 is 1.12 bits per heavy atom. The highest BCUT2D eigenvalue weighted by Crippen LogP contribution is 2.32. The molecule has 0 aliphatic heterocycles. The van der Waals surface area contributed by atoms with Gasteiger partial charge in [-0.2, -0.15) is 0 Å². The van der Waals surface area contributed by atoms with Gasteiger partial charge in [-0.1, -0.05) is 24.3 Å². The first-order valence-electron chi connectivity index (χ1n) is 10.0. The molecule has 0 unspecified atom stereocenters. The van der Waals surface area contributed by atoms with Crippen LogP contribution in [0.25, 0.3) is 0 Å². The van der Waals surface area contributed by atoms with Crippen molar-refractivity contribution in [3.63, 3.8) is 0 Å². The molecule has 4 nitrogen and oxygen atoms in total.